The van der Waals surface area contributed by atoms with Crippen molar-refractivity contribution >= 4 is 11.8 Å². The van der Waals surface area contributed by atoms with Crippen molar-refractivity contribution in [3.8, 4) is 0 Å². The lowest BCUT2D eigenvalue weighted by molar-refractivity contribution is -0.136. The van der Waals surface area contributed by atoms with Gasteiger partial charge in [0.15, 0.2) is 0 Å². The zero-order valence-corrected chi connectivity index (χ0v) is 15.0. The minimum atomic E-state index is -0.476. The molecule has 1 atom stereocenters. The predicted molar refractivity (Wildman–Crippen MR) is 95.8 cm³/mol. The molecule has 0 radical (unpaired) electrons. The van der Waals surface area contributed by atoms with Gasteiger partial charge >= 0.3 is 0 Å². The minimum absolute atomic E-state index is 0.0328. The van der Waals surface area contributed by atoms with Crippen LogP contribution in [0.15, 0.2) is 30.3 Å². The Hall–Kier alpha value is -1.88. The molecule has 0 aliphatic carbocycles. The molecular formula is C19H29N3O2. The van der Waals surface area contributed by atoms with E-state index in [2.05, 4.69) is 17.1 Å². The number of nitrogens with zero attached hydrogens (tertiary/aromatic N) is 2. The van der Waals surface area contributed by atoms with Gasteiger partial charge in [-0.05, 0) is 31.0 Å². The number of piperazine rings is 1. The molecule has 1 N–H and O–H groups in total. The molecule has 2 rings (SSSR count). The molecule has 2 amide bonds. The summed E-state index contributed by atoms with van der Waals surface area (Å²) in [5, 5.41) is 2.92. The molecular weight excluding hydrogens is 302 g/mol. The molecule has 1 fully saturated rings. The van der Waals surface area contributed by atoms with Gasteiger partial charge in [0.05, 0.1) is 0 Å². The summed E-state index contributed by atoms with van der Waals surface area (Å²) in [5.41, 5.74) is 0.587. The van der Waals surface area contributed by atoms with Gasteiger partial charge < -0.3 is 10.2 Å². The lowest BCUT2D eigenvalue weighted by atomic mass is 10.0. The van der Waals surface area contributed by atoms with Gasteiger partial charge in [-0.1, -0.05) is 39.0 Å². The molecule has 0 unspecified atom stereocenters. The fraction of sp³-hybridized carbons (Fsp3) is 0.579. The maximum Gasteiger partial charge on any atom is 0.251 e. The summed E-state index contributed by atoms with van der Waals surface area (Å²) in [7, 11) is 0. The van der Waals surface area contributed by atoms with Crippen molar-refractivity contribution in [3.63, 3.8) is 0 Å². The van der Waals surface area contributed by atoms with Crippen LogP contribution in [0.2, 0.25) is 0 Å². The Morgan fingerprint density at radius 2 is 1.71 bits per heavy atom. The average Bonchev–Trinajstić information content (AvgIpc) is 2.60. The van der Waals surface area contributed by atoms with E-state index in [0.717, 1.165) is 39.1 Å². The Balaban J connectivity index is 1.97. The van der Waals surface area contributed by atoms with E-state index >= 15 is 0 Å². The van der Waals surface area contributed by atoms with Crippen molar-refractivity contribution in [1.82, 2.24) is 15.1 Å². The molecule has 1 heterocycles. The SMILES string of the molecule is CCCN1CCN(C(=O)[C@H](NC(=O)c2ccccc2)C(C)C)CC1. The van der Waals surface area contributed by atoms with Crippen molar-refractivity contribution in [2.75, 3.05) is 32.7 Å². The van der Waals surface area contributed by atoms with E-state index in [0.29, 0.717) is 5.56 Å². The first-order valence-electron chi connectivity index (χ1n) is 8.90. The highest BCUT2D eigenvalue weighted by Gasteiger charge is 2.30. The van der Waals surface area contributed by atoms with Gasteiger partial charge in [0.1, 0.15) is 6.04 Å². The van der Waals surface area contributed by atoms with Crippen LogP contribution < -0.4 is 5.32 Å². The molecule has 0 saturated carbocycles. The Morgan fingerprint density at radius 3 is 2.25 bits per heavy atom. The van der Waals surface area contributed by atoms with Gasteiger partial charge in [-0.2, -0.15) is 0 Å². The number of hydrogen-bond donors (Lipinski definition) is 1. The highest BCUT2D eigenvalue weighted by atomic mass is 16.2. The molecule has 1 aliphatic rings. The van der Waals surface area contributed by atoms with Crippen molar-refractivity contribution in [3.05, 3.63) is 35.9 Å². The van der Waals surface area contributed by atoms with Crippen molar-refractivity contribution in [1.29, 1.82) is 0 Å². The molecule has 1 aromatic rings. The molecule has 1 aromatic carbocycles. The van der Waals surface area contributed by atoms with Crippen molar-refractivity contribution in [2.45, 2.75) is 33.2 Å². The van der Waals surface area contributed by atoms with Crippen LogP contribution in [0, 0.1) is 5.92 Å². The lowest BCUT2D eigenvalue weighted by Crippen LogP contribution is -2.56. The quantitative estimate of drug-likeness (QED) is 0.867. The molecule has 24 heavy (non-hydrogen) atoms. The zero-order chi connectivity index (χ0) is 17.5. The summed E-state index contributed by atoms with van der Waals surface area (Å²) in [4.78, 5) is 29.5. The monoisotopic (exact) mass is 331 g/mol. The summed E-state index contributed by atoms with van der Waals surface area (Å²) < 4.78 is 0. The number of rotatable bonds is 6. The smallest absolute Gasteiger partial charge is 0.251 e. The second-order valence-corrected chi connectivity index (χ2v) is 6.73. The molecule has 1 saturated heterocycles. The first-order chi connectivity index (χ1) is 11.5. The molecule has 0 spiro atoms. The zero-order valence-electron chi connectivity index (χ0n) is 15.0. The summed E-state index contributed by atoms with van der Waals surface area (Å²) in [5.74, 6) is -0.100. The number of amides is 2. The largest absolute Gasteiger partial charge is 0.340 e. The van der Waals surface area contributed by atoms with Crippen molar-refractivity contribution < 1.29 is 9.59 Å². The van der Waals surface area contributed by atoms with Gasteiger partial charge in [-0.3, -0.25) is 14.5 Å². The van der Waals surface area contributed by atoms with Crippen LogP contribution in [0.4, 0.5) is 0 Å². The van der Waals surface area contributed by atoms with Crippen LogP contribution in [-0.4, -0.2) is 60.4 Å². The van der Waals surface area contributed by atoms with Gasteiger partial charge in [-0.15, -0.1) is 0 Å². The number of carbonyl (C=O) groups excluding carboxylic acids is 2. The third-order valence-corrected chi connectivity index (χ3v) is 4.48. The molecule has 5 nitrogen and oxygen atoms in total. The molecule has 132 valence electrons. The van der Waals surface area contributed by atoms with E-state index in [-0.39, 0.29) is 17.7 Å². The molecule has 5 heteroatoms. The summed E-state index contributed by atoms with van der Waals surface area (Å²) >= 11 is 0. The first kappa shape index (κ1) is 18.5. The third-order valence-electron chi connectivity index (χ3n) is 4.48. The maximum atomic E-state index is 12.9. The number of hydrogen-bond acceptors (Lipinski definition) is 3. The van der Waals surface area contributed by atoms with Crippen LogP contribution in [-0.2, 0) is 4.79 Å². The Morgan fingerprint density at radius 1 is 1.08 bits per heavy atom. The first-order valence-corrected chi connectivity index (χ1v) is 8.90. The maximum absolute atomic E-state index is 12.9. The number of carbonyl (C=O) groups is 2. The number of nitrogens with one attached hydrogen (secondary N) is 1. The molecule has 0 bridgehead atoms. The highest BCUT2D eigenvalue weighted by molar-refractivity contribution is 5.97. The van der Waals surface area contributed by atoms with Crippen molar-refractivity contribution in [2.24, 2.45) is 5.92 Å². The lowest BCUT2D eigenvalue weighted by Gasteiger charge is -2.37. The van der Waals surface area contributed by atoms with Gasteiger partial charge in [0.25, 0.3) is 5.91 Å². The van der Waals surface area contributed by atoms with E-state index < -0.39 is 6.04 Å². The minimum Gasteiger partial charge on any atom is -0.340 e. The normalized spacial score (nSPS) is 16.9. The molecule has 0 aromatic heterocycles. The van der Waals surface area contributed by atoms with Crippen LogP contribution in [0.1, 0.15) is 37.6 Å². The standard InChI is InChI=1S/C19H29N3O2/c1-4-10-21-11-13-22(14-12-21)19(24)17(15(2)3)20-18(23)16-8-6-5-7-9-16/h5-9,15,17H,4,10-14H2,1-3H3,(H,20,23)/t17-/m1/s1. The van der Waals surface area contributed by atoms with E-state index in [4.69, 9.17) is 0 Å². The topological polar surface area (TPSA) is 52.6 Å². The van der Waals surface area contributed by atoms with Crippen LogP contribution >= 0.6 is 0 Å². The fourth-order valence-electron chi connectivity index (χ4n) is 3.03. The second-order valence-electron chi connectivity index (χ2n) is 6.73. The van der Waals surface area contributed by atoms with E-state index in [1.807, 2.05) is 36.9 Å². The third kappa shape index (κ3) is 4.81. The van der Waals surface area contributed by atoms with Gasteiger partial charge in [0, 0.05) is 31.7 Å². The summed E-state index contributed by atoms with van der Waals surface area (Å²) in [6.45, 7) is 10.5. The van der Waals surface area contributed by atoms with E-state index in [9.17, 15) is 9.59 Å². The summed E-state index contributed by atoms with van der Waals surface area (Å²) in [6.07, 6.45) is 1.13. The van der Waals surface area contributed by atoms with Gasteiger partial charge in [0.2, 0.25) is 5.91 Å². The Labute approximate surface area is 145 Å². The Bertz CT molecular complexity index is 537. The highest BCUT2D eigenvalue weighted by Crippen LogP contribution is 2.11. The number of benzene rings is 1. The second kappa shape index (κ2) is 8.83. The average molecular weight is 331 g/mol. The van der Waals surface area contributed by atoms with E-state index in [1.54, 1.807) is 12.1 Å². The van der Waals surface area contributed by atoms with E-state index in [1.165, 1.54) is 0 Å². The fourth-order valence-corrected chi connectivity index (χ4v) is 3.03. The predicted octanol–water partition coefficient (Wildman–Crippen LogP) is 2.00. The molecule has 1 aliphatic heterocycles. The van der Waals surface area contributed by atoms with Crippen LogP contribution in [0.5, 0.6) is 0 Å². The summed E-state index contributed by atoms with van der Waals surface area (Å²) in [6, 6.07) is 8.58. The van der Waals surface area contributed by atoms with Crippen LogP contribution in [0.3, 0.4) is 0 Å². The van der Waals surface area contributed by atoms with Crippen LogP contribution in [0.25, 0.3) is 0 Å². The van der Waals surface area contributed by atoms with Gasteiger partial charge in [-0.25, -0.2) is 0 Å². The Kier molecular flexibility index (Phi) is 6.79.